The highest BCUT2D eigenvalue weighted by Gasteiger charge is 2.11. The summed E-state index contributed by atoms with van der Waals surface area (Å²) in [4.78, 5) is 15.4. The number of aromatic hydroxyl groups is 1. The Balaban J connectivity index is 1.98. The van der Waals surface area contributed by atoms with E-state index in [1.807, 2.05) is 55.5 Å². The molecule has 0 radical (unpaired) electrons. The SMILES string of the molecule is CCOc1ccccc1-c1cc(NCCCC(=O)O)nc(-c2ccc(O)cc2)c1. The molecule has 29 heavy (non-hydrogen) atoms. The van der Waals surface area contributed by atoms with Crippen molar-refractivity contribution in [3.63, 3.8) is 0 Å². The van der Waals surface area contributed by atoms with Crippen molar-refractivity contribution in [1.29, 1.82) is 0 Å². The summed E-state index contributed by atoms with van der Waals surface area (Å²) in [5.74, 6) is 0.819. The van der Waals surface area contributed by atoms with E-state index in [9.17, 15) is 9.90 Å². The zero-order valence-corrected chi connectivity index (χ0v) is 16.3. The minimum absolute atomic E-state index is 0.102. The van der Waals surface area contributed by atoms with Gasteiger partial charge < -0.3 is 20.3 Å². The minimum Gasteiger partial charge on any atom is -0.508 e. The average Bonchev–Trinajstić information content (AvgIpc) is 2.72. The Bertz CT molecular complexity index is 971. The molecule has 3 N–H and O–H groups in total. The van der Waals surface area contributed by atoms with Crippen molar-refractivity contribution in [2.45, 2.75) is 19.8 Å². The molecule has 0 amide bonds. The van der Waals surface area contributed by atoms with Crippen LogP contribution in [0.5, 0.6) is 11.5 Å². The Kier molecular flexibility index (Phi) is 6.68. The second-order valence-corrected chi connectivity index (χ2v) is 6.53. The first-order valence-corrected chi connectivity index (χ1v) is 9.56. The summed E-state index contributed by atoms with van der Waals surface area (Å²) in [6.45, 7) is 3.01. The van der Waals surface area contributed by atoms with Gasteiger partial charge in [0.15, 0.2) is 0 Å². The van der Waals surface area contributed by atoms with Crippen molar-refractivity contribution in [2.24, 2.45) is 0 Å². The number of anilines is 1. The van der Waals surface area contributed by atoms with E-state index in [0.717, 1.165) is 28.1 Å². The highest BCUT2D eigenvalue weighted by molar-refractivity contribution is 5.77. The molecule has 0 unspecified atom stereocenters. The topological polar surface area (TPSA) is 91.7 Å². The number of carboxylic acid groups (broad SMARTS) is 1. The molecule has 0 bridgehead atoms. The van der Waals surface area contributed by atoms with Gasteiger partial charge in [0.1, 0.15) is 17.3 Å². The number of ether oxygens (including phenoxy) is 1. The molecule has 3 rings (SSSR count). The molecule has 0 spiro atoms. The van der Waals surface area contributed by atoms with Gasteiger partial charge in [-0.3, -0.25) is 4.79 Å². The smallest absolute Gasteiger partial charge is 0.303 e. The van der Waals surface area contributed by atoms with Crippen LogP contribution in [-0.2, 0) is 4.79 Å². The van der Waals surface area contributed by atoms with Crippen LogP contribution in [0.1, 0.15) is 19.8 Å². The van der Waals surface area contributed by atoms with Gasteiger partial charge in [-0.25, -0.2) is 4.98 Å². The number of pyridine rings is 1. The van der Waals surface area contributed by atoms with Crippen molar-refractivity contribution in [2.75, 3.05) is 18.5 Å². The van der Waals surface area contributed by atoms with Gasteiger partial charge in [0.2, 0.25) is 0 Å². The summed E-state index contributed by atoms with van der Waals surface area (Å²) in [6.07, 6.45) is 0.607. The predicted molar refractivity (Wildman–Crippen MR) is 113 cm³/mol. The number of phenolic OH excluding ortho intramolecular Hbond substituents is 1. The molecule has 0 saturated heterocycles. The van der Waals surface area contributed by atoms with Gasteiger partial charge in [0.25, 0.3) is 0 Å². The molecular formula is C23H24N2O4. The minimum atomic E-state index is -0.816. The van der Waals surface area contributed by atoms with Crippen molar-refractivity contribution in [3.05, 3.63) is 60.7 Å². The maximum absolute atomic E-state index is 10.7. The predicted octanol–water partition coefficient (Wildman–Crippen LogP) is 4.80. The van der Waals surface area contributed by atoms with E-state index in [0.29, 0.717) is 25.4 Å². The molecule has 6 heteroatoms. The van der Waals surface area contributed by atoms with Crippen molar-refractivity contribution < 1.29 is 19.7 Å². The highest BCUT2D eigenvalue weighted by atomic mass is 16.5. The molecule has 3 aromatic rings. The third kappa shape index (κ3) is 5.48. The molecule has 0 fully saturated rings. The van der Waals surface area contributed by atoms with Crippen molar-refractivity contribution in [1.82, 2.24) is 4.98 Å². The Hall–Kier alpha value is -3.54. The number of hydrogen-bond donors (Lipinski definition) is 3. The first-order valence-electron chi connectivity index (χ1n) is 9.56. The number of carbonyl (C=O) groups is 1. The number of para-hydroxylation sites is 1. The molecule has 0 aliphatic rings. The number of benzene rings is 2. The van der Waals surface area contributed by atoms with Crippen LogP contribution in [0.25, 0.3) is 22.4 Å². The summed E-state index contributed by atoms with van der Waals surface area (Å²) in [5.41, 5.74) is 3.50. The largest absolute Gasteiger partial charge is 0.508 e. The first-order chi connectivity index (χ1) is 14.1. The second kappa shape index (κ2) is 9.59. The first kappa shape index (κ1) is 20.2. The normalized spacial score (nSPS) is 10.5. The molecule has 1 heterocycles. The van der Waals surface area contributed by atoms with Gasteiger partial charge in [-0.2, -0.15) is 0 Å². The van der Waals surface area contributed by atoms with Gasteiger partial charge in [-0.15, -0.1) is 0 Å². The Morgan fingerprint density at radius 3 is 2.55 bits per heavy atom. The third-order valence-electron chi connectivity index (χ3n) is 4.36. The number of nitrogens with one attached hydrogen (secondary N) is 1. The average molecular weight is 392 g/mol. The summed E-state index contributed by atoms with van der Waals surface area (Å²) < 4.78 is 5.78. The number of aliphatic carboxylic acids is 1. The van der Waals surface area contributed by atoms with Crippen LogP contribution in [0, 0.1) is 0 Å². The van der Waals surface area contributed by atoms with Crippen molar-refractivity contribution >= 4 is 11.8 Å². The molecule has 6 nitrogen and oxygen atoms in total. The number of nitrogens with zero attached hydrogens (tertiary/aromatic N) is 1. The Labute approximate surface area is 169 Å². The van der Waals surface area contributed by atoms with E-state index in [-0.39, 0.29) is 12.2 Å². The van der Waals surface area contributed by atoms with Gasteiger partial charge in [-0.05, 0) is 61.4 Å². The van der Waals surface area contributed by atoms with Gasteiger partial charge in [-0.1, -0.05) is 18.2 Å². The quantitative estimate of drug-likeness (QED) is 0.453. The van der Waals surface area contributed by atoms with Crippen molar-refractivity contribution in [3.8, 4) is 33.9 Å². The lowest BCUT2D eigenvalue weighted by Gasteiger charge is -2.14. The van der Waals surface area contributed by atoms with Crippen LogP contribution in [0.2, 0.25) is 0 Å². The number of hydrogen-bond acceptors (Lipinski definition) is 5. The monoisotopic (exact) mass is 392 g/mol. The summed E-state index contributed by atoms with van der Waals surface area (Å²) >= 11 is 0. The van der Waals surface area contributed by atoms with E-state index < -0.39 is 5.97 Å². The number of aromatic nitrogens is 1. The molecule has 0 aliphatic carbocycles. The maximum atomic E-state index is 10.7. The fourth-order valence-electron chi connectivity index (χ4n) is 3.00. The molecule has 150 valence electrons. The summed E-state index contributed by atoms with van der Waals surface area (Å²) in [6, 6.07) is 18.6. The van der Waals surface area contributed by atoms with Crippen LogP contribution in [0.15, 0.2) is 60.7 Å². The third-order valence-corrected chi connectivity index (χ3v) is 4.36. The lowest BCUT2D eigenvalue weighted by Crippen LogP contribution is -2.06. The van der Waals surface area contributed by atoms with Crippen LogP contribution in [0.4, 0.5) is 5.82 Å². The van der Waals surface area contributed by atoms with E-state index in [2.05, 4.69) is 10.3 Å². The molecule has 0 aliphatic heterocycles. The van der Waals surface area contributed by atoms with Crippen LogP contribution < -0.4 is 10.1 Å². The van der Waals surface area contributed by atoms with E-state index in [4.69, 9.17) is 9.84 Å². The zero-order chi connectivity index (χ0) is 20.6. The summed E-state index contributed by atoms with van der Waals surface area (Å²) in [5, 5.41) is 21.6. The van der Waals surface area contributed by atoms with Gasteiger partial charge in [0.05, 0.1) is 12.3 Å². The lowest BCUT2D eigenvalue weighted by molar-refractivity contribution is -0.137. The van der Waals surface area contributed by atoms with Gasteiger partial charge >= 0.3 is 5.97 Å². The van der Waals surface area contributed by atoms with Crippen LogP contribution >= 0.6 is 0 Å². The fourth-order valence-corrected chi connectivity index (χ4v) is 3.00. The standard InChI is InChI=1S/C23H24N2O4/c1-2-29-21-7-4-3-6-19(21)17-14-20(16-9-11-18(26)12-10-16)25-22(15-17)24-13-5-8-23(27)28/h3-4,6-7,9-12,14-15,26H,2,5,8,13H2,1H3,(H,24,25)(H,27,28). The molecule has 2 aromatic carbocycles. The Morgan fingerprint density at radius 1 is 1.07 bits per heavy atom. The molecule has 0 atom stereocenters. The maximum Gasteiger partial charge on any atom is 0.303 e. The highest BCUT2D eigenvalue weighted by Crippen LogP contribution is 2.34. The Morgan fingerprint density at radius 2 is 1.83 bits per heavy atom. The fraction of sp³-hybridized carbons (Fsp3) is 0.217. The lowest BCUT2D eigenvalue weighted by atomic mass is 10.0. The summed E-state index contributed by atoms with van der Waals surface area (Å²) in [7, 11) is 0. The zero-order valence-electron chi connectivity index (χ0n) is 16.3. The molecular weight excluding hydrogens is 368 g/mol. The molecule has 0 saturated carbocycles. The number of rotatable bonds is 9. The van der Waals surface area contributed by atoms with E-state index in [1.54, 1.807) is 12.1 Å². The molecule has 1 aromatic heterocycles. The van der Waals surface area contributed by atoms with Gasteiger partial charge in [0, 0.05) is 24.1 Å². The number of carboxylic acids is 1. The number of phenols is 1. The van der Waals surface area contributed by atoms with Crippen LogP contribution in [0.3, 0.4) is 0 Å². The van der Waals surface area contributed by atoms with Crippen LogP contribution in [-0.4, -0.2) is 34.3 Å². The van der Waals surface area contributed by atoms with E-state index >= 15 is 0 Å². The second-order valence-electron chi connectivity index (χ2n) is 6.53. The van der Waals surface area contributed by atoms with E-state index in [1.165, 1.54) is 0 Å².